The maximum Gasteiger partial charge on any atom is 0.227 e. The van der Waals surface area contributed by atoms with Crippen molar-refractivity contribution in [1.29, 1.82) is 0 Å². The van der Waals surface area contributed by atoms with Gasteiger partial charge in [-0.05, 0) is 13.8 Å². The summed E-state index contributed by atoms with van der Waals surface area (Å²) >= 11 is 0. The number of hydrogen-bond acceptors (Lipinski definition) is 4. The Hall–Kier alpha value is -1.14. The average Bonchev–Trinajstić information content (AvgIpc) is 2.47. The number of carbonyl (C=O) groups is 2. The number of hydrogen-bond donors (Lipinski definition) is 3. The van der Waals surface area contributed by atoms with Crippen LogP contribution in [0.3, 0.4) is 0 Å². The van der Waals surface area contributed by atoms with Gasteiger partial charge in [0.1, 0.15) is 0 Å². The average molecular weight is 229 g/mol. The third-order valence-electron chi connectivity index (χ3n) is 2.54. The molecule has 1 heterocycles. The molecular weight excluding hydrogens is 210 g/mol. The maximum absolute atomic E-state index is 11.8. The Balaban J connectivity index is 2.52. The van der Waals surface area contributed by atoms with E-state index in [1.54, 1.807) is 13.8 Å². The number of amides is 2. The van der Waals surface area contributed by atoms with Gasteiger partial charge in [0.2, 0.25) is 11.8 Å². The topological polar surface area (TPSA) is 107 Å². The van der Waals surface area contributed by atoms with Gasteiger partial charge in [-0.3, -0.25) is 9.59 Å². The first-order valence-corrected chi connectivity index (χ1v) is 5.25. The highest BCUT2D eigenvalue weighted by atomic mass is 16.5. The van der Waals surface area contributed by atoms with Crippen molar-refractivity contribution >= 4 is 11.8 Å². The van der Waals surface area contributed by atoms with Crippen LogP contribution < -0.4 is 16.8 Å². The van der Waals surface area contributed by atoms with Gasteiger partial charge in [-0.15, -0.1) is 0 Å². The molecule has 0 bridgehead atoms. The predicted octanol–water partition coefficient (Wildman–Crippen LogP) is -1.27. The number of nitrogens with two attached hydrogens (primary N) is 2. The van der Waals surface area contributed by atoms with Gasteiger partial charge >= 0.3 is 0 Å². The summed E-state index contributed by atoms with van der Waals surface area (Å²) in [6.45, 7) is 4.22. The van der Waals surface area contributed by atoms with Crippen molar-refractivity contribution in [3.63, 3.8) is 0 Å². The zero-order valence-corrected chi connectivity index (χ0v) is 9.66. The van der Waals surface area contributed by atoms with E-state index in [1.807, 2.05) is 0 Å². The number of carbonyl (C=O) groups excluding carboxylic acids is 2. The van der Waals surface area contributed by atoms with Crippen LogP contribution in [0.25, 0.3) is 0 Å². The van der Waals surface area contributed by atoms with Gasteiger partial charge < -0.3 is 21.5 Å². The zero-order chi connectivity index (χ0) is 12.3. The fraction of sp³-hybridized carbons (Fsp3) is 0.800. The number of nitrogens with one attached hydrogen (secondary N) is 1. The van der Waals surface area contributed by atoms with E-state index in [0.717, 1.165) is 0 Å². The Morgan fingerprint density at radius 1 is 1.44 bits per heavy atom. The zero-order valence-electron chi connectivity index (χ0n) is 9.66. The Labute approximate surface area is 94.7 Å². The third-order valence-corrected chi connectivity index (χ3v) is 2.54. The molecule has 6 heteroatoms. The van der Waals surface area contributed by atoms with Gasteiger partial charge in [0, 0.05) is 18.0 Å². The van der Waals surface area contributed by atoms with E-state index in [1.165, 1.54) is 0 Å². The quantitative estimate of drug-likeness (QED) is 0.558. The van der Waals surface area contributed by atoms with Gasteiger partial charge in [-0.2, -0.15) is 0 Å². The molecule has 0 aromatic heterocycles. The van der Waals surface area contributed by atoms with Gasteiger partial charge in [0.15, 0.2) is 0 Å². The Bertz CT molecular complexity index is 291. The summed E-state index contributed by atoms with van der Waals surface area (Å²) < 4.78 is 5.11. The lowest BCUT2D eigenvalue weighted by Crippen LogP contribution is -2.51. The molecule has 1 rings (SSSR count). The molecule has 1 fully saturated rings. The maximum atomic E-state index is 11.8. The van der Waals surface area contributed by atoms with Crippen molar-refractivity contribution in [3.05, 3.63) is 0 Å². The fourth-order valence-electron chi connectivity index (χ4n) is 1.75. The second-order valence-corrected chi connectivity index (χ2v) is 4.82. The summed E-state index contributed by atoms with van der Waals surface area (Å²) in [5.41, 5.74) is 10.2. The lowest BCUT2D eigenvalue weighted by Gasteiger charge is -2.27. The van der Waals surface area contributed by atoms with E-state index >= 15 is 0 Å². The first-order chi connectivity index (χ1) is 7.32. The van der Waals surface area contributed by atoms with Crippen LogP contribution in [0.1, 0.15) is 20.3 Å². The first-order valence-electron chi connectivity index (χ1n) is 5.25. The van der Waals surface area contributed by atoms with Gasteiger partial charge in [0.25, 0.3) is 0 Å². The molecule has 0 aliphatic carbocycles. The van der Waals surface area contributed by atoms with E-state index in [4.69, 9.17) is 16.2 Å². The van der Waals surface area contributed by atoms with Gasteiger partial charge in [-0.1, -0.05) is 0 Å². The summed E-state index contributed by atoms with van der Waals surface area (Å²) in [5.74, 6) is -0.972. The molecule has 0 saturated carbocycles. The van der Waals surface area contributed by atoms with E-state index in [9.17, 15) is 9.59 Å². The summed E-state index contributed by atoms with van der Waals surface area (Å²) in [7, 11) is 0. The number of primary amides is 1. The Morgan fingerprint density at radius 2 is 2.06 bits per heavy atom. The second-order valence-electron chi connectivity index (χ2n) is 4.82. The molecule has 0 aromatic rings. The minimum Gasteiger partial charge on any atom is -0.379 e. The summed E-state index contributed by atoms with van der Waals surface area (Å²) in [4.78, 5) is 22.6. The smallest absolute Gasteiger partial charge is 0.227 e. The van der Waals surface area contributed by atoms with Crippen molar-refractivity contribution in [3.8, 4) is 0 Å². The van der Waals surface area contributed by atoms with E-state index < -0.39 is 11.4 Å². The van der Waals surface area contributed by atoms with Gasteiger partial charge in [-0.25, -0.2) is 0 Å². The minimum atomic E-state index is -0.648. The van der Waals surface area contributed by atoms with Crippen molar-refractivity contribution in [2.75, 3.05) is 13.2 Å². The van der Waals surface area contributed by atoms with E-state index in [0.29, 0.717) is 13.2 Å². The Morgan fingerprint density at radius 3 is 2.50 bits per heavy atom. The van der Waals surface area contributed by atoms with Crippen LogP contribution in [0.4, 0.5) is 0 Å². The molecule has 6 nitrogen and oxygen atoms in total. The molecule has 2 amide bonds. The van der Waals surface area contributed by atoms with Crippen LogP contribution in [-0.4, -0.2) is 36.6 Å². The van der Waals surface area contributed by atoms with Crippen molar-refractivity contribution in [1.82, 2.24) is 5.32 Å². The SMILES string of the molecule is CC(C)(CC(N)=O)NC(=O)C1COCC1N. The first kappa shape index (κ1) is 12.9. The molecule has 16 heavy (non-hydrogen) atoms. The van der Waals surface area contributed by atoms with E-state index in [2.05, 4.69) is 5.32 Å². The van der Waals surface area contributed by atoms with Crippen molar-refractivity contribution in [2.45, 2.75) is 31.8 Å². The molecule has 92 valence electrons. The number of ether oxygens (including phenoxy) is 1. The largest absolute Gasteiger partial charge is 0.379 e. The monoisotopic (exact) mass is 229 g/mol. The van der Waals surface area contributed by atoms with Crippen LogP contribution in [0.2, 0.25) is 0 Å². The summed E-state index contributed by atoms with van der Waals surface area (Å²) in [6, 6.07) is -0.274. The standard InChI is InChI=1S/C10H19N3O3/c1-10(2,3-8(12)14)13-9(15)6-4-16-5-7(6)11/h6-7H,3-5,11H2,1-2H3,(H2,12,14)(H,13,15). The molecule has 1 aliphatic rings. The van der Waals surface area contributed by atoms with Gasteiger partial charge in [0.05, 0.1) is 19.1 Å². The molecule has 2 unspecified atom stereocenters. The molecule has 5 N–H and O–H groups in total. The molecule has 0 radical (unpaired) electrons. The third kappa shape index (κ3) is 3.46. The van der Waals surface area contributed by atoms with Crippen LogP contribution in [-0.2, 0) is 14.3 Å². The highest BCUT2D eigenvalue weighted by Crippen LogP contribution is 2.15. The van der Waals surface area contributed by atoms with Crippen molar-refractivity contribution < 1.29 is 14.3 Å². The normalized spacial score (nSPS) is 25.4. The highest BCUT2D eigenvalue weighted by molar-refractivity contribution is 5.82. The van der Waals surface area contributed by atoms with Crippen LogP contribution >= 0.6 is 0 Å². The van der Waals surface area contributed by atoms with Crippen molar-refractivity contribution in [2.24, 2.45) is 17.4 Å². The molecule has 1 aliphatic heterocycles. The molecule has 2 atom stereocenters. The van der Waals surface area contributed by atoms with Crippen LogP contribution in [0.5, 0.6) is 0 Å². The fourth-order valence-corrected chi connectivity index (χ4v) is 1.75. The summed E-state index contributed by atoms with van der Waals surface area (Å²) in [5, 5.41) is 2.76. The van der Waals surface area contributed by atoms with Crippen LogP contribution in [0, 0.1) is 5.92 Å². The lowest BCUT2D eigenvalue weighted by molar-refractivity contribution is -0.127. The predicted molar refractivity (Wildman–Crippen MR) is 58.3 cm³/mol. The summed E-state index contributed by atoms with van der Waals surface area (Å²) in [6.07, 6.45) is 0.0988. The second kappa shape index (κ2) is 4.80. The molecule has 1 saturated heterocycles. The lowest BCUT2D eigenvalue weighted by atomic mass is 9.97. The molecule has 0 spiro atoms. The minimum absolute atomic E-state index is 0.0988. The van der Waals surface area contributed by atoms with Crippen LogP contribution in [0.15, 0.2) is 0 Å². The molecular formula is C10H19N3O3. The Kier molecular flexibility index (Phi) is 3.88. The number of rotatable bonds is 4. The van der Waals surface area contributed by atoms with E-state index in [-0.39, 0.29) is 24.3 Å². The highest BCUT2D eigenvalue weighted by Gasteiger charge is 2.34. The molecule has 0 aromatic carbocycles.